The van der Waals surface area contributed by atoms with Crippen LogP contribution in [-0.2, 0) is 4.79 Å². The summed E-state index contributed by atoms with van der Waals surface area (Å²) in [6.07, 6.45) is 3.33. The van der Waals surface area contributed by atoms with Gasteiger partial charge in [-0.25, -0.2) is 0 Å². The van der Waals surface area contributed by atoms with Crippen LogP contribution in [0.4, 0.5) is 0 Å². The lowest BCUT2D eigenvalue weighted by Crippen LogP contribution is -2.38. The molecule has 4 nitrogen and oxygen atoms in total. The maximum atomic E-state index is 12.4. The quantitative estimate of drug-likeness (QED) is 0.883. The Balaban J connectivity index is 1.66. The predicted molar refractivity (Wildman–Crippen MR) is 77.6 cm³/mol. The normalized spacial score (nSPS) is 29.2. The largest absolute Gasteiger partial charge is 0.496 e. The molecule has 4 unspecified atom stereocenters. The maximum Gasteiger partial charge on any atom is 0.225 e. The molecule has 2 N–H and O–H groups in total. The highest BCUT2D eigenvalue weighted by Gasteiger charge is 2.42. The van der Waals surface area contributed by atoms with Gasteiger partial charge >= 0.3 is 0 Å². The number of ether oxygens (including phenoxy) is 1. The Morgan fingerprint density at radius 1 is 1.40 bits per heavy atom. The second-order valence-electron chi connectivity index (χ2n) is 5.86. The summed E-state index contributed by atoms with van der Waals surface area (Å²) in [5.41, 5.74) is 1.03. The first-order chi connectivity index (χ1) is 9.69. The molecule has 0 aliphatic carbocycles. The minimum atomic E-state index is -0.0298. The second-order valence-corrected chi connectivity index (χ2v) is 5.86. The van der Waals surface area contributed by atoms with Gasteiger partial charge in [-0.3, -0.25) is 4.79 Å². The van der Waals surface area contributed by atoms with Crippen LogP contribution in [-0.4, -0.2) is 25.1 Å². The second kappa shape index (κ2) is 5.44. The molecule has 0 saturated carbocycles. The molecule has 4 atom stereocenters. The lowest BCUT2D eigenvalue weighted by Gasteiger charge is -2.23. The number of hydrogen-bond donors (Lipinski definition) is 2. The summed E-state index contributed by atoms with van der Waals surface area (Å²) in [7, 11) is 1.66. The molecule has 2 aliphatic rings. The lowest BCUT2D eigenvalue weighted by molar-refractivity contribution is -0.126. The van der Waals surface area contributed by atoms with Gasteiger partial charge in [0.05, 0.1) is 19.1 Å². The topological polar surface area (TPSA) is 50.4 Å². The maximum absolute atomic E-state index is 12.4. The number of hydrogen-bond acceptors (Lipinski definition) is 3. The summed E-state index contributed by atoms with van der Waals surface area (Å²) in [5.74, 6) is 1.13. The van der Waals surface area contributed by atoms with Crippen molar-refractivity contribution >= 4 is 5.91 Å². The van der Waals surface area contributed by atoms with Crippen LogP contribution < -0.4 is 15.4 Å². The van der Waals surface area contributed by atoms with Crippen LogP contribution in [0.3, 0.4) is 0 Å². The summed E-state index contributed by atoms with van der Waals surface area (Å²) in [5, 5.41) is 6.65. The zero-order valence-corrected chi connectivity index (χ0v) is 12.1. The molecule has 0 radical (unpaired) electrons. The Labute approximate surface area is 119 Å². The number of para-hydroxylation sites is 1. The average Bonchev–Trinajstić information content (AvgIpc) is 3.09. The third-order valence-electron chi connectivity index (χ3n) is 4.60. The molecule has 2 bridgehead atoms. The monoisotopic (exact) mass is 274 g/mol. The molecular weight excluding hydrogens is 252 g/mol. The van der Waals surface area contributed by atoms with Crippen molar-refractivity contribution in [2.24, 2.45) is 5.92 Å². The van der Waals surface area contributed by atoms with Gasteiger partial charge in [0.15, 0.2) is 0 Å². The van der Waals surface area contributed by atoms with Gasteiger partial charge in [-0.05, 0) is 32.3 Å². The summed E-state index contributed by atoms with van der Waals surface area (Å²) < 4.78 is 5.36. The standard InChI is InChI=1S/C16H22N2O2/c1-10(12-5-3-4-6-15(12)20-2)17-16(19)13-9-11-7-8-14(13)18-11/h3-6,10-11,13-14,18H,7-9H2,1-2H3,(H,17,19). The summed E-state index contributed by atoms with van der Waals surface area (Å²) >= 11 is 0. The Hall–Kier alpha value is -1.55. The first kappa shape index (κ1) is 13.4. The molecule has 0 aromatic heterocycles. The van der Waals surface area contributed by atoms with Crippen molar-refractivity contribution in [2.75, 3.05) is 7.11 Å². The molecule has 20 heavy (non-hydrogen) atoms. The highest BCUT2D eigenvalue weighted by atomic mass is 16.5. The molecule has 4 heteroatoms. The van der Waals surface area contributed by atoms with Crippen LogP contribution >= 0.6 is 0 Å². The van der Waals surface area contributed by atoms with E-state index in [4.69, 9.17) is 4.74 Å². The molecule has 108 valence electrons. The van der Waals surface area contributed by atoms with Gasteiger partial charge in [0.1, 0.15) is 5.75 Å². The summed E-state index contributed by atoms with van der Waals surface area (Å²) in [6.45, 7) is 2.01. The summed E-state index contributed by atoms with van der Waals surface area (Å²) in [6, 6.07) is 8.75. The number of methoxy groups -OCH3 is 1. The Morgan fingerprint density at radius 3 is 2.85 bits per heavy atom. The number of nitrogens with one attached hydrogen (secondary N) is 2. The fraction of sp³-hybridized carbons (Fsp3) is 0.562. The van der Waals surface area contributed by atoms with E-state index in [1.807, 2.05) is 31.2 Å². The van der Waals surface area contributed by atoms with Crippen LogP contribution in [0, 0.1) is 5.92 Å². The van der Waals surface area contributed by atoms with Crippen molar-refractivity contribution in [3.05, 3.63) is 29.8 Å². The van der Waals surface area contributed by atoms with Crippen molar-refractivity contribution in [2.45, 2.75) is 44.3 Å². The van der Waals surface area contributed by atoms with Gasteiger partial charge in [0, 0.05) is 17.6 Å². The number of amides is 1. The van der Waals surface area contributed by atoms with E-state index in [2.05, 4.69) is 10.6 Å². The fourth-order valence-electron chi connectivity index (χ4n) is 3.54. The van der Waals surface area contributed by atoms with Gasteiger partial charge in [-0.2, -0.15) is 0 Å². The first-order valence-electron chi connectivity index (χ1n) is 7.38. The van der Waals surface area contributed by atoms with Gasteiger partial charge in [-0.15, -0.1) is 0 Å². The zero-order valence-electron chi connectivity index (χ0n) is 12.1. The minimum Gasteiger partial charge on any atom is -0.496 e. The molecule has 1 amide bonds. The van der Waals surface area contributed by atoms with Gasteiger partial charge in [-0.1, -0.05) is 18.2 Å². The van der Waals surface area contributed by atoms with E-state index in [-0.39, 0.29) is 17.9 Å². The average molecular weight is 274 g/mol. The van der Waals surface area contributed by atoms with Crippen molar-refractivity contribution in [3.63, 3.8) is 0 Å². The Kier molecular flexibility index (Phi) is 3.66. The molecule has 1 aromatic rings. The van der Waals surface area contributed by atoms with Crippen LogP contribution in [0.1, 0.15) is 37.8 Å². The predicted octanol–water partition coefficient (Wildman–Crippen LogP) is 2.01. The first-order valence-corrected chi connectivity index (χ1v) is 7.38. The number of carbonyl (C=O) groups is 1. The SMILES string of the molecule is COc1ccccc1C(C)NC(=O)C1CC2CCC1N2. The Morgan fingerprint density at radius 2 is 2.20 bits per heavy atom. The number of benzene rings is 1. The van der Waals surface area contributed by atoms with Crippen LogP contribution in [0.2, 0.25) is 0 Å². The van der Waals surface area contributed by atoms with E-state index in [9.17, 15) is 4.79 Å². The van der Waals surface area contributed by atoms with Crippen molar-refractivity contribution in [3.8, 4) is 5.75 Å². The molecule has 2 saturated heterocycles. The molecule has 0 spiro atoms. The van der Waals surface area contributed by atoms with E-state index in [0.29, 0.717) is 12.1 Å². The highest BCUT2D eigenvalue weighted by molar-refractivity contribution is 5.80. The van der Waals surface area contributed by atoms with Crippen molar-refractivity contribution in [1.82, 2.24) is 10.6 Å². The minimum absolute atomic E-state index is 0.0298. The molecule has 2 heterocycles. The van der Waals surface area contributed by atoms with E-state index in [1.165, 1.54) is 6.42 Å². The van der Waals surface area contributed by atoms with E-state index in [1.54, 1.807) is 7.11 Å². The van der Waals surface area contributed by atoms with Gasteiger partial charge < -0.3 is 15.4 Å². The van der Waals surface area contributed by atoms with Crippen LogP contribution in [0.15, 0.2) is 24.3 Å². The molecule has 3 rings (SSSR count). The Bertz CT molecular complexity index is 503. The summed E-state index contributed by atoms with van der Waals surface area (Å²) in [4.78, 5) is 12.4. The number of rotatable bonds is 4. The van der Waals surface area contributed by atoms with E-state index >= 15 is 0 Å². The van der Waals surface area contributed by atoms with E-state index < -0.39 is 0 Å². The van der Waals surface area contributed by atoms with Gasteiger partial charge in [0.25, 0.3) is 0 Å². The third kappa shape index (κ3) is 2.40. The smallest absolute Gasteiger partial charge is 0.225 e. The third-order valence-corrected chi connectivity index (χ3v) is 4.60. The van der Waals surface area contributed by atoms with Crippen molar-refractivity contribution < 1.29 is 9.53 Å². The number of carbonyl (C=O) groups excluding carboxylic acids is 1. The zero-order chi connectivity index (χ0) is 14.1. The number of fused-ring (bicyclic) bond motifs is 2. The molecule has 1 aromatic carbocycles. The van der Waals surface area contributed by atoms with Crippen LogP contribution in [0.25, 0.3) is 0 Å². The van der Waals surface area contributed by atoms with Crippen LogP contribution in [0.5, 0.6) is 5.75 Å². The van der Waals surface area contributed by atoms with Crippen molar-refractivity contribution in [1.29, 1.82) is 0 Å². The van der Waals surface area contributed by atoms with Gasteiger partial charge in [0.2, 0.25) is 5.91 Å². The highest BCUT2D eigenvalue weighted by Crippen LogP contribution is 2.34. The fourth-order valence-corrected chi connectivity index (χ4v) is 3.54. The molecule has 2 fully saturated rings. The lowest BCUT2D eigenvalue weighted by atomic mass is 9.88. The van der Waals surface area contributed by atoms with E-state index in [0.717, 1.165) is 24.2 Å². The molecular formula is C16H22N2O2. The molecule has 2 aliphatic heterocycles.